The number of benzene rings is 1. The standard InChI is InChI=1S/C18H20ClN3O/c19-14-10-16(18(21)23)17(20)22(11-14)15-8-6-13(7-9-15)12-4-2-1-3-5-12/h6-12,20H,1-5H2,(H2,21,23). The zero-order chi connectivity index (χ0) is 16.4. The first-order valence-electron chi connectivity index (χ1n) is 7.93. The van der Waals surface area contributed by atoms with Gasteiger partial charge in [0.15, 0.2) is 0 Å². The van der Waals surface area contributed by atoms with Crippen LogP contribution in [-0.2, 0) is 0 Å². The monoisotopic (exact) mass is 329 g/mol. The molecule has 3 rings (SSSR count). The van der Waals surface area contributed by atoms with E-state index in [1.807, 2.05) is 12.1 Å². The van der Waals surface area contributed by atoms with Crippen molar-refractivity contribution in [1.82, 2.24) is 4.57 Å². The number of nitrogens with two attached hydrogens (primary N) is 1. The fraction of sp³-hybridized carbons (Fsp3) is 0.333. The number of pyridine rings is 1. The van der Waals surface area contributed by atoms with Crippen LogP contribution in [0.1, 0.15) is 53.9 Å². The lowest BCUT2D eigenvalue weighted by Crippen LogP contribution is -2.28. The molecule has 3 N–H and O–H groups in total. The first kappa shape index (κ1) is 15.8. The van der Waals surface area contributed by atoms with E-state index in [2.05, 4.69) is 12.1 Å². The highest BCUT2D eigenvalue weighted by Gasteiger charge is 2.15. The van der Waals surface area contributed by atoms with Gasteiger partial charge in [-0.15, -0.1) is 0 Å². The van der Waals surface area contributed by atoms with Crippen LogP contribution in [0, 0.1) is 5.41 Å². The number of carbonyl (C=O) groups is 1. The second-order valence-corrected chi connectivity index (χ2v) is 6.52. The summed E-state index contributed by atoms with van der Waals surface area (Å²) < 4.78 is 1.59. The van der Waals surface area contributed by atoms with Crippen LogP contribution in [0.15, 0.2) is 36.5 Å². The van der Waals surface area contributed by atoms with Crippen molar-refractivity contribution in [3.8, 4) is 5.69 Å². The van der Waals surface area contributed by atoms with Gasteiger partial charge in [-0.1, -0.05) is 43.0 Å². The minimum absolute atomic E-state index is 0.0484. The second kappa shape index (κ2) is 6.59. The molecule has 2 aromatic rings. The van der Waals surface area contributed by atoms with Crippen molar-refractivity contribution in [1.29, 1.82) is 5.41 Å². The summed E-state index contributed by atoms with van der Waals surface area (Å²) in [6.45, 7) is 0. The molecule has 1 amide bonds. The molecule has 5 heteroatoms. The highest BCUT2D eigenvalue weighted by Crippen LogP contribution is 2.32. The van der Waals surface area contributed by atoms with Gasteiger partial charge in [0.2, 0.25) is 0 Å². The quantitative estimate of drug-likeness (QED) is 0.884. The molecule has 1 aromatic heterocycles. The van der Waals surface area contributed by atoms with Gasteiger partial charge >= 0.3 is 0 Å². The summed E-state index contributed by atoms with van der Waals surface area (Å²) in [6, 6.07) is 9.61. The number of carbonyl (C=O) groups excluding carboxylic acids is 1. The molecule has 1 aromatic carbocycles. The fourth-order valence-corrected chi connectivity index (χ4v) is 3.50. The van der Waals surface area contributed by atoms with Crippen molar-refractivity contribution in [2.24, 2.45) is 5.73 Å². The van der Waals surface area contributed by atoms with Crippen LogP contribution in [0.3, 0.4) is 0 Å². The number of rotatable bonds is 3. The van der Waals surface area contributed by atoms with Gasteiger partial charge in [-0.05, 0) is 42.5 Å². The number of aromatic nitrogens is 1. The number of hydrogen-bond donors (Lipinski definition) is 2. The van der Waals surface area contributed by atoms with Crippen molar-refractivity contribution >= 4 is 17.5 Å². The topological polar surface area (TPSA) is 71.9 Å². The predicted molar refractivity (Wildman–Crippen MR) is 91.0 cm³/mol. The smallest absolute Gasteiger partial charge is 0.252 e. The lowest BCUT2D eigenvalue weighted by atomic mass is 9.84. The molecular weight excluding hydrogens is 310 g/mol. The normalized spacial score (nSPS) is 15.5. The maximum Gasteiger partial charge on any atom is 0.252 e. The van der Waals surface area contributed by atoms with Gasteiger partial charge in [0.25, 0.3) is 5.91 Å². The maximum atomic E-state index is 11.4. The Bertz CT molecular complexity index is 774. The Labute approximate surface area is 140 Å². The van der Waals surface area contributed by atoms with Crippen LogP contribution in [-0.4, -0.2) is 10.5 Å². The van der Waals surface area contributed by atoms with E-state index in [9.17, 15) is 4.79 Å². The van der Waals surface area contributed by atoms with E-state index < -0.39 is 5.91 Å². The molecule has 1 aliphatic rings. The molecule has 1 heterocycles. The molecule has 0 radical (unpaired) electrons. The van der Waals surface area contributed by atoms with E-state index in [0.29, 0.717) is 10.9 Å². The minimum atomic E-state index is -0.648. The predicted octanol–water partition coefficient (Wildman–Crippen LogP) is 3.76. The van der Waals surface area contributed by atoms with Crippen LogP contribution in [0.25, 0.3) is 5.69 Å². The number of nitrogens with one attached hydrogen (secondary N) is 1. The number of halogens is 1. The minimum Gasteiger partial charge on any atom is -0.365 e. The SMILES string of the molecule is N=c1c(C(N)=O)cc(Cl)cn1-c1ccc(C2CCCCC2)cc1. The van der Waals surface area contributed by atoms with E-state index in [0.717, 1.165) is 5.69 Å². The van der Waals surface area contributed by atoms with Crippen LogP contribution in [0.5, 0.6) is 0 Å². The molecule has 4 nitrogen and oxygen atoms in total. The van der Waals surface area contributed by atoms with Crippen molar-refractivity contribution in [2.75, 3.05) is 0 Å². The average molecular weight is 330 g/mol. The van der Waals surface area contributed by atoms with Gasteiger partial charge in [-0.25, -0.2) is 0 Å². The molecule has 120 valence electrons. The first-order chi connectivity index (χ1) is 11.1. The summed E-state index contributed by atoms with van der Waals surface area (Å²) in [5.41, 5.74) is 7.64. The first-order valence-corrected chi connectivity index (χ1v) is 8.31. The molecule has 0 aliphatic heterocycles. The Hall–Kier alpha value is -2.07. The number of hydrogen-bond acceptors (Lipinski definition) is 2. The molecule has 1 saturated carbocycles. The van der Waals surface area contributed by atoms with Crippen molar-refractivity contribution < 1.29 is 4.79 Å². The highest BCUT2D eigenvalue weighted by molar-refractivity contribution is 6.30. The highest BCUT2D eigenvalue weighted by atomic mass is 35.5. The molecule has 0 unspecified atom stereocenters. The summed E-state index contributed by atoms with van der Waals surface area (Å²) in [5, 5.41) is 8.54. The molecular formula is C18H20ClN3O. The average Bonchev–Trinajstić information content (AvgIpc) is 2.57. The van der Waals surface area contributed by atoms with E-state index in [1.54, 1.807) is 10.8 Å². The zero-order valence-corrected chi connectivity index (χ0v) is 13.6. The summed E-state index contributed by atoms with van der Waals surface area (Å²) in [7, 11) is 0. The van der Waals surface area contributed by atoms with Crippen molar-refractivity contribution in [2.45, 2.75) is 38.0 Å². The third-order valence-electron chi connectivity index (χ3n) is 4.54. The summed E-state index contributed by atoms with van der Waals surface area (Å²) in [5.74, 6) is -0.0103. The molecule has 1 fully saturated rings. The van der Waals surface area contributed by atoms with Crippen LogP contribution < -0.4 is 11.2 Å². The Balaban J connectivity index is 1.96. The lowest BCUT2D eigenvalue weighted by Gasteiger charge is -2.22. The van der Waals surface area contributed by atoms with Gasteiger partial charge in [-0.3, -0.25) is 10.2 Å². The maximum absolute atomic E-state index is 11.4. The van der Waals surface area contributed by atoms with Gasteiger partial charge in [0, 0.05) is 11.9 Å². The van der Waals surface area contributed by atoms with E-state index in [4.69, 9.17) is 22.7 Å². The molecule has 23 heavy (non-hydrogen) atoms. The molecule has 1 aliphatic carbocycles. The largest absolute Gasteiger partial charge is 0.365 e. The third-order valence-corrected chi connectivity index (χ3v) is 4.75. The van der Waals surface area contributed by atoms with Gasteiger partial charge < -0.3 is 10.3 Å². The summed E-state index contributed by atoms with van der Waals surface area (Å²) in [6.07, 6.45) is 8.07. The third kappa shape index (κ3) is 3.32. The van der Waals surface area contributed by atoms with Gasteiger partial charge in [-0.2, -0.15) is 0 Å². The zero-order valence-electron chi connectivity index (χ0n) is 12.9. The van der Waals surface area contributed by atoms with E-state index in [1.165, 1.54) is 43.7 Å². The van der Waals surface area contributed by atoms with Crippen molar-refractivity contribution in [3.05, 3.63) is 58.2 Å². The Kier molecular flexibility index (Phi) is 4.53. The fourth-order valence-electron chi connectivity index (χ4n) is 3.30. The van der Waals surface area contributed by atoms with E-state index in [-0.39, 0.29) is 11.1 Å². The molecule has 0 bridgehead atoms. The van der Waals surface area contributed by atoms with Crippen LogP contribution in [0.4, 0.5) is 0 Å². The Morgan fingerprint density at radius 2 is 1.83 bits per heavy atom. The van der Waals surface area contributed by atoms with Crippen LogP contribution in [0.2, 0.25) is 5.02 Å². The van der Waals surface area contributed by atoms with Crippen molar-refractivity contribution in [3.63, 3.8) is 0 Å². The van der Waals surface area contributed by atoms with E-state index >= 15 is 0 Å². The number of amides is 1. The summed E-state index contributed by atoms with van der Waals surface area (Å²) in [4.78, 5) is 11.4. The lowest BCUT2D eigenvalue weighted by molar-refractivity contribution is 0.0998. The number of nitrogens with zero attached hydrogens (tertiary/aromatic N) is 1. The van der Waals surface area contributed by atoms with Gasteiger partial charge in [0.1, 0.15) is 5.49 Å². The molecule has 0 spiro atoms. The molecule has 0 atom stereocenters. The second-order valence-electron chi connectivity index (χ2n) is 6.08. The Morgan fingerprint density at radius 3 is 2.43 bits per heavy atom. The molecule has 0 saturated heterocycles. The van der Waals surface area contributed by atoms with Crippen LogP contribution >= 0.6 is 11.6 Å². The Morgan fingerprint density at radius 1 is 1.17 bits per heavy atom. The van der Waals surface area contributed by atoms with Gasteiger partial charge in [0.05, 0.1) is 10.6 Å². The number of primary amides is 1. The summed E-state index contributed by atoms with van der Waals surface area (Å²) >= 11 is 6.06.